The zero-order valence-corrected chi connectivity index (χ0v) is 14.3. The largest absolute Gasteiger partial charge is 0.478 e. The first-order chi connectivity index (χ1) is 9.10. The molecule has 20 heavy (non-hydrogen) atoms. The van der Waals surface area contributed by atoms with E-state index < -0.39 is 21.7 Å². The Morgan fingerprint density at radius 1 is 1.30 bits per heavy atom. The van der Waals surface area contributed by atoms with E-state index in [0.717, 1.165) is 6.26 Å². The van der Waals surface area contributed by atoms with E-state index in [1.165, 1.54) is 6.07 Å². The van der Waals surface area contributed by atoms with Crippen LogP contribution in [0.4, 0.5) is 5.69 Å². The highest BCUT2D eigenvalue weighted by Crippen LogP contribution is 2.31. The van der Waals surface area contributed by atoms with Crippen LogP contribution < -0.4 is 5.32 Å². The Balaban J connectivity index is 2.97. The Morgan fingerprint density at radius 3 is 2.40 bits per heavy atom. The minimum Gasteiger partial charge on any atom is -0.478 e. The molecule has 0 heterocycles. The fraction of sp³-hybridized carbons (Fsp3) is 0.273. The van der Waals surface area contributed by atoms with Crippen LogP contribution in [0, 0.1) is 0 Å². The van der Waals surface area contributed by atoms with E-state index in [-0.39, 0.29) is 23.4 Å². The number of hydrogen-bond donors (Lipinski definition) is 2. The topological polar surface area (TPSA) is 101 Å². The van der Waals surface area contributed by atoms with Crippen molar-refractivity contribution < 1.29 is 23.1 Å². The third-order valence-corrected chi connectivity index (χ3v) is 4.28. The molecule has 0 unspecified atom stereocenters. The molecular weight excluding hydrogens is 418 g/mol. The van der Waals surface area contributed by atoms with Crippen molar-refractivity contribution in [3.05, 3.63) is 26.6 Å². The summed E-state index contributed by atoms with van der Waals surface area (Å²) in [5.74, 6) is -2.07. The van der Waals surface area contributed by atoms with Crippen molar-refractivity contribution in [2.24, 2.45) is 0 Å². The predicted molar refractivity (Wildman–Crippen MR) is 81.8 cm³/mol. The summed E-state index contributed by atoms with van der Waals surface area (Å²) in [6.45, 7) is 0. The molecule has 1 aromatic carbocycles. The lowest BCUT2D eigenvalue weighted by Crippen LogP contribution is -2.18. The van der Waals surface area contributed by atoms with Gasteiger partial charge in [-0.3, -0.25) is 4.79 Å². The summed E-state index contributed by atoms with van der Waals surface area (Å²) in [5.41, 5.74) is -0.00171. The second kappa shape index (κ2) is 6.68. The zero-order valence-electron chi connectivity index (χ0n) is 10.3. The Labute approximate surface area is 132 Å². The van der Waals surface area contributed by atoms with Crippen LogP contribution in [-0.2, 0) is 14.6 Å². The molecule has 0 atom stereocenters. The molecule has 1 rings (SSSR count). The van der Waals surface area contributed by atoms with Gasteiger partial charge >= 0.3 is 5.97 Å². The highest BCUT2D eigenvalue weighted by atomic mass is 79.9. The van der Waals surface area contributed by atoms with E-state index in [1.54, 1.807) is 6.07 Å². The number of carbonyl (C=O) groups is 2. The van der Waals surface area contributed by atoms with E-state index in [9.17, 15) is 18.0 Å². The van der Waals surface area contributed by atoms with E-state index >= 15 is 0 Å². The third-order valence-electron chi connectivity index (χ3n) is 2.25. The van der Waals surface area contributed by atoms with Gasteiger partial charge in [-0.2, -0.15) is 0 Å². The monoisotopic (exact) mass is 427 g/mol. The van der Waals surface area contributed by atoms with Crippen molar-refractivity contribution in [2.45, 2.75) is 6.42 Å². The van der Waals surface area contributed by atoms with Crippen LogP contribution in [0.15, 0.2) is 21.1 Å². The summed E-state index contributed by atoms with van der Waals surface area (Å²) in [6, 6.07) is 2.93. The third kappa shape index (κ3) is 5.22. The molecule has 1 aromatic rings. The number of hydrogen-bond acceptors (Lipinski definition) is 4. The standard InChI is InChI=1S/C11H11Br2NO5S/c1-20(18,19)3-2-9(15)14-10-7(11(16)17)4-6(12)5-8(10)13/h4-5H,2-3H2,1H3,(H,14,15)(H,16,17). The number of carboxylic acids is 1. The van der Waals surface area contributed by atoms with Crippen molar-refractivity contribution >= 4 is 59.3 Å². The lowest BCUT2D eigenvalue weighted by molar-refractivity contribution is -0.115. The molecular formula is C11H11Br2NO5S. The van der Waals surface area contributed by atoms with Crippen LogP contribution in [0.1, 0.15) is 16.8 Å². The lowest BCUT2D eigenvalue weighted by atomic mass is 10.2. The maximum Gasteiger partial charge on any atom is 0.337 e. The summed E-state index contributed by atoms with van der Waals surface area (Å²) >= 11 is 6.31. The molecule has 0 saturated heterocycles. The maximum absolute atomic E-state index is 11.7. The van der Waals surface area contributed by atoms with Gasteiger partial charge in [-0.25, -0.2) is 13.2 Å². The van der Waals surface area contributed by atoms with Gasteiger partial charge in [0.05, 0.1) is 17.0 Å². The van der Waals surface area contributed by atoms with E-state index in [1.807, 2.05) is 0 Å². The molecule has 9 heteroatoms. The van der Waals surface area contributed by atoms with Gasteiger partial charge in [0.1, 0.15) is 9.84 Å². The maximum atomic E-state index is 11.7. The first kappa shape index (κ1) is 17.1. The number of aromatic carboxylic acids is 1. The minimum absolute atomic E-state index is 0.0965. The predicted octanol–water partition coefficient (Wildman–Crippen LogP) is 2.28. The average Bonchev–Trinajstić information content (AvgIpc) is 2.28. The fourth-order valence-corrected chi connectivity index (χ4v) is 3.23. The molecule has 0 bridgehead atoms. The summed E-state index contributed by atoms with van der Waals surface area (Å²) in [7, 11) is -3.25. The molecule has 2 N–H and O–H groups in total. The second-order valence-corrected chi connectivity index (χ2v) is 8.07. The van der Waals surface area contributed by atoms with Gasteiger partial charge in [-0.1, -0.05) is 15.9 Å². The van der Waals surface area contributed by atoms with Crippen LogP contribution in [0.5, 0.6) is 0 Å². The van der Waals surface area contributed by atoms with Crippen LogP contribution >= 0.6 is 31.9 Å². The number of amides is 1. The molecule has 0 aromatic heterocycles. The number of halogens is 2. The highest BCUT2D eigenvalue weighted by Gasteiger charge is 2.17. The van der Waals surface area contributed by atoms with Gasteiger partial charge in [-0.05, 0) is 28.1 Å². The summed E-state index contributed by atoms with van der Waals surface area (Å²) in [5, 5.41) is 11.5. The van der Waals surface area contributed by atoms with Crippen LogP contribution in [0.2, 0.25) is 0 Å². The fourth-order valence-electron chi connectivity index (χ4n) is 1.35. The Kier molecular flexibility index (Phi) is 5.72. The zero-order chi connectivity index (χ0) is 15.5. The number of benzene rings is 1. The molecule has 0 saturated carbocycles. The Morgan fingerprint density at radius 2 is 1.90 bits per heavy atom. The molecule has 0 radical (unpaired) electrons. The van der Waals surface area contributed by atoms with Gasteiger partial charge in [0.15, 0.2) is 0 Å². The average molecular weight is 429 g/mol. The molecule has 0 aliphatic carbocycles. The molecule has 0 spiro atoms. The SMILES string of the molecule is CS(=O)(=O)CCC(=O)Nc1c(Br)cc(Br)cc1C(=O)O. The number of nitrogens with one attached hydrogen (secondary N) is 1. The van der Waals surface area contributed by atoms with Gasteiger partial charge in [0.25, 0.3) is 0 Å². The summed E-state index contributed by atoms with van der Waals surface area (Å²) < 4.78 is 22.9. The van der Waals surface area contributed by atoms with E-state index in [4.69, 9.17) is 5.11 Å². The number of rotatable bonds is 5. The first-order valence-electron chi connectivity index (χ1n) is 5.30. The molecule has 0 fully saturated rings. The smallest absolute Gasteiger partial charge is 0.337 e. The molecule has 110 valence electrons. The Bertz CT molecular complexity index is 657. The number of carbonyl (C=O) groups excluding carboxylic acids is 1. The number of anilines is 1. The lowest BCUT2D eigenvalue weighted by Gasteiger charge is -2.11. The normalized spacial score (nSPS) is 11.2. The van der Waals surface area contributed by atoms with Crippen LogP contribution in [-0.4, -0.2) is 37.4 Å². The number of sulfone groups is 1. The van der Waals surface area contributed by atoms with Crippen LogP contribution in [0.25, 0.3) is 0 Å². The first-order valence-corrected chi connectivity index (χ1v) is 8.94. The van der Waals surface area contributed by atoms with E-state index in [2.05, 4.69) is 37.2 Å². The minimum atomic E-state index is -3.25. The van der Waals surface area contributed by atoms with Crippen molar-refractivity contribution in [1.29, 1.82) is 0 Å². The highest BCUT2D eigenvalue weighted by molar-refractivity contribution is 9.11. The van der Waals surface area contributed by atoms with Gasteiger partial charge in [-0.15, -0.1) is 0 Å². The van der Waals surface area contributed by atoms with Crippen LogP contribution in [0.3, 0.4) is 0 Å². The van der Waals surface area contributed by atoms with Gasteiger partial charge in [0, 0.05) is 21.6 Å². The van der Waals surface area contributed by atoms with Crippen molar-refractivity contribution in [3.8, 4) is 0 Å². The summed E-state index contributed by atoms with van der Waals surface area (Å²) in [4.78, 5) is 22.8. The van der Waals surface area contributed by atoms with Crippen molar-refractivity contribution in [1.82, 2.24) is 0 Å². The molecule has 1 amide bonds. The van der Waals surface area contributed by atoms with Crippen molar-refractivity contribution in [2.75, 3.05) is 17.3 Å². The summed E-state index contributed by atoms with van der Waals surface area (Å²) in [6.07, 6.45) is 0.791. The van der Waals surface area contributed by atoms with Crippen molar-refractivity contribution in [3.63, 3.8) is 0 Å². The second-order valence-electron chi connectivity index (χ2n) is 4.04. The van der Waals surface area contributed by atoms with Gasteiger partial charge < -0.3 is 10.4 Å². The quantitative estimate of drug-likeness (QED) is 0.749. The number of carboxylic acid groups (broad SMARTS) is 1. The van der Waals surface area contributed by atoms with E-state index in [0.29, 0.717) is 8.95 Å². The molecule has 6 nitrogen and oxygen atoms in total. The molecule has 0 aliphatic rings. The van der Waals surface area contributed by atoms with Gasteiger partial charge in [0.2, 0.25) is 5.91 Å². The Hall–Kier alpha value is -0.930. The molecule has 0 aliphatic heterocycles.